The first-order valence-corrected chi connectivity index (χ1v) is 6.46. The van der Waals surface area contributed by atoms with E-state index in [1.165, 1.54) is 0 Å². The Balaban J connectivity index is 1.64. The van der Waals surface area contributed by atoms with Gasteiger partial charge < -0.3 is 19.3 Å². The first-order chi connectivity index (χ1) is 9.78. The van der Waals surface area contributed by atoms with Crippen LogP contribution in [0.4, 0.5) is 0 Å². The van der Waals surface area contributed by atoms with Crippen molar-refractivity contribution in [3.05, 3.63) is 48.5 Å². The highest BCUT2D eigenvalue weighted by Crippen LogP contribution is 2.18. The van der Waals surface area contributed by atoms with Crippen LogP contribution in [0.3, 0.4) is 0 Å². The van der Waals surface area contributed by atoms with Crippen LogP contribution in [0.5, 0.6) is 23.0 Å². The van der Waals surface area contributed by atoms with Gasteiger partial charge in [0.1, 0.15) is 23.0 Å². The average Bonchev–Trinajstić information content (AvgIpc) is 2.49. The SMILES string of the molecule is COc1ccc(OCCCOc2ccc(O)cc2)cc1. The molecule has 0 aliphatic heterocycles. The molecule has 0 fully saturated rings. The zero-order valence-corrected chi connectivity index (χ0v) is 11.4. The Kier molecular flexibility index (Phi) is 5.12. The molecule has 0 spiro atoms. The second-order valence-corrected chi connectivity index (χ2v) is 4.22. The molecular formula is C16H18O4. The monoisotopic (exact) mass is 274 g/mol. The smallest absolute Gasteiger partial charge is 0.119 e. The van der Waals surface area contributed by atoms with Gasteiger partial charge in [-0.05, 0) is 48.5 Å². The van der Waals surface area contributed by atoms with Crippen LogP contribution in [0.25, 0.3) is 0 Å². The van der Waals surface area contributed by atoms with Crippen molar-refractivity contribution in [3.63, 3.8) is 0 Å². The predicted molar refractivity (Wildman–Crippen MR) is 76.7 cm³/mol. The van der Waals surface area contributed by atoms with Gasteiger partial charge in [-0.3, -0.25) is 0 Å². The number of methoxy groups -OCH3 is 1. The molecule has 2 aromatic carbocycles. The van der Waals surface area contributed by atoms with Crippen molar-refractivity contribution in [2.75, 3.05) is 20.3 Å². The fourth-order valence-corrected chi connectivity index (χ4v) is 1.65. The summed E-state index contributed by atoms with van der Waals surface area (Å²) in [7, 11) is 1.64. The summed E-state index contributed by atoms with van der Waals surface area (Å²) in [6.45, 7) is 1.16. The first-order valence-electron chi connectivity index (χ1n) is 6.46. The second kappa shape index (κ2) is 7.28. The number of hydrogen-bond donors (Lipinski definition) is 1. The Morgan fingerprint density at radius 3 is 1.70 bits per heavy atom. The molecule has 0 bridgehead atoms. The Bertz CT molecular complexity index is 505. The molecule has 0 heterocycles. The van der Waals surface area contributed by atoms with Gasteiger partial charge in [-0.2, -0.15) is 0 Å². The van der Waals surface area contributed by atoms with E-state index in [0.29, 0.717) is 13.2 Å². The molecule has 0 unspecified atom stereocenters. The summed E-state index contributed by atoms with van der Waals surface area (Å²) < 4.78 is 16.2. The molecule has 106 valence electrons. The number of phenols is 1. The molecule has 0 radical (unpaired) electrons. The van der Waals surface area contributed by atoms with E-state index in [0.717, 1.165) is 23.7 Å². The maximum Gasteiger partial charge on any atom is 0.119 e. The largest absolute Gasteiger partial charge is 0.508 e. The standard InChI is InChI=1S/C16H18O4/c1-18-14-7-9-16(10-8-14)20-12-2-11-19-15-5-3-13(17)4-6-15/h3-10,17H,2,11-12H2,1H3. The van der Waals surface area contributed by atoms with E-state index in [4.69, 9.17) is 19.3 Å². The van der Waals surface area contributed by atoms with E-state index in [9.17, 15) is 0 Å². The van der Waals surface area contributed by atoms with Gasteiger partial charge in [0.15, 0.2) is 0 Å². The zero-order valence-electron chi connectivity index (χ0n) is 11.4. The van der Waals surface area contributed by atoms with Crippen LogP contribution >= 0.6 is 0 Å². The lowest BCUT2D eigenvalue weighted by molar-refractivity contribution is 0.247. The molecular weight excluding hydrogens is 256 g/mol. The topological polar surface area (TPSA) is 47.9 Å². The number of phenolic OH excluding ortho intramolecular Hbond substituents is 1. The summed E-state index contributed by atoms with van der Waals surface area (Å²) in [5, 5.41) is 9.15. The van der Waals surface area contributed by atoms with Gasteiger partial charge in [0.25, 0.3) is 0 Å². The molecule has 0 aliphatic carbocycles. The van der Waals surface area contributed by atoms with Crippen molar-refractivity contribution in [1.29, 1.82) is 0 Å². The van der Waals surface area contributed by atoms with Crippen molar-refractivity contribution >= 4 is 0 Å². The molecule has 0 amide bonds. The number of ether oxygens (including phenoxy) is 3. The van der Waals surface area contributed by atoms with Crippen molar-refractivity contribution in [2.45, 2.75) is 6.42 Å². The molecule has 0 saturated carbocycles. The highest BCUT2D eigenvalue weighted by Gasteiger charge is 1.97. The molecule has 2 aromatic rings. The third kappa shape index (κ3) is 4.39. The van der Waals surface area contributed by atoms with Gasteiger partial charge in [-0.25, -0.2) is 0 Å². The highest BCUT2D eigenvalue weighted by molar-refractivity contribution is 5.31. The van der Waals surface area contributed by atoms with Crippen LogP contribution in [0.15, 0.2) is 48.5 Å². The minimum atomic E-state index is 0.236. The van der Waals surface area contributed by atoms with E-state index in [1.807, 2.05) is 24.3 Å². The lowest BCUT2D eigenvalue weighted by atomic mass is 10.3. The molecule has 0 atom stereocenters. The summed E-state index contributed by atoms with van der Waals surface area (Å²) in [5.41, 5.74) is 0. The van der Waals surface area contributed by atoms with Crippen LogP contribution in [-0.2, 0) is 0 Å². The van der Waals surface area contributed by atoms with E-state index < -0.39 is 0 Å². The lowest BCUT2D eigenvalue weighted by Gasteiger charge is -2.08. The van der Waals surface area contributed by atoms with Crippen molar-refractivity contribution < 1.29 is 19.3 Å². The maximum absolute atomic E-state index is 9.15. The summed E-state index contributed by atoms with van der Waals surface area (Å²) >= 11 is 0. The molecule has 2 rings (SSSR count). The minimum absolute atomic E-state index is 0.236. The fourth-order valence-electron chi connectivity index (χ4n) is 1.65. The van der Waals surface area contributed by atoms with Crippen LogP contribution in [0.2, 0.25) is 0 Å². The molecule has 4 nitrogen and oxygen atoms in total. The van der Waals surface area contributed by atoms with Crippen molar-refractivity contribution in [3.8, 4) is 23.0 Å². The highest BCUT2D eigenvalue weighted by atomic mass is 16.5. The van der Waals surface area contributed by atoms with Gasteiger partial charge in [-0.15, -0.1) is 0 Å². The van der Waals surface area contributed by atoms with Gasteiger partial charge in [0.05, 0.1) is 20.3 Å². The third-order valence-electron chi connectivity index (χ3n) is 2.72. The van der Waals surface area contributed by atoms with E-state index >= 15 is 0 Å². The minimum Gasteiger partial charge on any atom is -0.508 e. The predicted octanol–water partition coefficient (Wildman–Crippen LogP) is 3.25. The number of rotatable bonds is 7. The zero-order chi connectivity index (χ0) is 14.2. The number of hydrogen-bond acceptors (Lipinski definition) is 4. The molecule has 0 aromatic heterocycles. The Labute approximate surface area is 118 Å². The Hall–Kier alpha value is -2.36. The second-order valence-electron chi connectivity index (χ2n) is 4.22. The van der Waals surface area contributed by atoms with Crippen molar-refractivity contribution in [2.24, 2.45) is 0 Å². The maximum atomic E-state index is 9.15. The van der Waals surface area contributed by atoms with Crippen LogP contribution in [-0.4, -0.2) is 25.4 Å². The number of aromatic hydroxyl groups is 1. The van der Waals surface area contributed by atoms with Crippen LogP contribution in [0, 0.1) is 0 Å². The molecule has 20 heavy (non-hydrogen) atoms. The van der Waals surface area contributed by atoms with Crippen LogP contribution < -0.4 is 14.2 Å². The van der Waals surface area contributed by atoms with Gasteiger partial charge in [-0.1, -0.05) is 0 Å². The Morgan fingerprint density at radius 1 is 0.750 bits per heavy atom. The van der Waals surface area contributed by atoms with Gasteiger partial charge in [0.2, 0.25) is 0 Å². The van der Waals surface area contributed by atoms with E-state index in [2.05, 4.69) is 0 Å². The fraction of sp³-hybridized carbons (Fsp3) is 0.250. The summed E-state index contributed by atoms with van der Waals surface area (Å²) in [6.07, 6.45) is 0.785. The molecule has 0 aliphatic rings. The average molecular weight is 274 g/mol. The Morgan fingerprint density at radius 2 is 1.20 bits per heavy atom. The first kappa shape index (κ1) is 14.1. The molecule has 1 N–H and O–H groups in total. The summed E-state index contributed by atoms with van der Waals surface area (Å²) in [6, 6.07) is 14.1. The summed E-state index contributed by atoms with van der Waals surface area (Å²) in [5.74, 6) is 2.61. The van der Waals surface area contributed by atoms with Crippen LogP contribution in [0.1, 0.15) is 6.42 Å². The normalized spacial score (nSPS) is 10.1. The van der Waals surface area contributed by atoms with Crippen molar-refractivity contribution in [1.82, 2.24) is 0 Å². The summed E-state index contributed by atoms with van der Waals surface area (Å²) in [4.78, 5) is 0. The van der Waals surface area contributed by atoms with Gasteiger partial charge >= 0.3 is 0 Å². The molecule has 4 heteroatoms. The lowest BCUT2D eigenvalue weighted by Crippen LogP contribution is -2.04. The third-order valence-corrected chi connectivity index (χ3v) is 2.72. The van der Waals surface area contributed by atoms with E-state index in [1.54, 1.807) is 31.4 Å². The van der Waals surface area contributed by atoms with Gasteiger partial charge in [0, 0.05) is 6.42 Å². The number of benzene rings is 2. The quantitative estimate of drug-likeness (QED) is 0.787. The van der Waals surface area contributed by atoms with E-state index in [-0.39, 0.29) is 5.75 Å². The molecule has 0 saturated heterocycles.